The number of hydrogen-bond acceptors (Lipinski definition) is 9. The smallest absolute Gasteiger partial charge is 0.332 e. The van der Waals surface area contributed by atoms with Gasteiger partial charge in [0.15, 0.2) is 5.78 Å². The summed E-state index contributed by atoms with van der Waals surface area (Å²) in [6.07, 6.45) is 2.07. The predicted molar refractivity (Wildman–Crippen MR) is 148 cm³/mol. The van der Waals surface area contributed by atoms with Crippen LogP contribution in [-0.4, -0.2) is 85.1 Å². The maximum Gasteiger partial charge on any atom is 0.332 e. The number of aromatic nitrogens is 2. The van der Waals surface area contributed by atoms with Crippen LogP contribution in [0.4, 0.5) is 0 Å². The number of para-hydroxylation sites is 1. The highest BCUT2D eigenvalue weighted by Gasteiger charge is 2.31. The zero-order valence-electron chi connectivity index (χ0n) is 24.1. The fraction of sp³-hybridized carbons (Fsp3) is 0.655. The van der Waals surface area contributed by atoms with Crippen molar-refractivity contribution in [2.75, 3.05) is 52.9 Å². The highest BCUT2D eigenvalue weighted by molar-refractivity contribution is 6.03. The first-order chi connectivity index (χ1) is 19.1. The van der Waals surface area contributed by atoms with Crippen LogP contribution in [0.1, 0.15) is 58.1 Å². The lowest BCUT2D eigenvalue weighted by atomic mass is 9.92. The highest BCUT2D eigenvalue weighted by Crippen LogP contribution is 2.27. The van der Waals surface area contributed by atoms with Gasteiger partial charge in [0.05, 0.1) is 63.1 Å². The minimum absolute atomic E-state index is 0.0622. The molecule has 0 spiro atoms. The van der Waals surface area contributed by atoms with E-state index in [1.165, 1.54) is 0 Å². The molecule has 11 heteroatoms. The van der Waals surface area contributed by atoms with E-state index in [1.807, 2.05) is 18.2 Å². The molecule has 11 nitrogen and oxygen atoms in total. The maximum absolute atomic E-state index is 13.0. The van der Waals surface area contributed by atoms with Crippen molar-refractivity contribution in [2.45, 2.75) is 64.5 Å². The van der Waals surface area contributed by atoms with E-state index < -0.39 is 17.6 Å². The Kier molecular flexibility index (Phi) is 12.1. The van der Waals surface area contributed by atoms with Crippen LogP contribution in [0.2, 0.25) is 0 Å². The second-order valence-corrected chi connectivity index (χ2v) is 10.8. The number of Topliss-reactive ketones (excluding diaryl/α,β-unsaturated/α-hetero) is 2. The van der Waals surface area contributed by atoms with Crippen LogP contribution < -0.4 is 5.69 Å². The molecule has 0 N–H and O–H groups in total. The quantitative estimate of drug-likeness (QED) is 0.172. The van der Waals surface area contributed by atoms with E-state index in [2.05, 4.69) is 0 Å². The Labute approximate surface area is 234 Å². The van der Waals surface area contributed by atoms with Crippen molar-refractivity contribution in [1.29, 1.82) is 0 Å². The number of esters is 1. The third kappa shape index (κ3) is 9.36. The molecule has 1 aromatic heterocycles. The summed E-state index contributed by atoms with van der Waals surface area (Å²) in [5.41, 5.74) is 1.80. The Bertz CT molecular complexity index is 1210. The molecule has 1 aromatic carbocycles. The fourth-order valence-electron chi connectivity index (χ4n) is 4.71. The number of fused-ring (bicyclic) bond motifs is 1. The number of aryl methyl sites for hydroxylation is 2. The van der Waals surface area contributed by atoms with Crippen molar-refractivity contribution in [3.63, 3.8) is 0 Å². The molecule has 40 heavy (non-hydrogen) atoms. The Morgan fingerprint density at radius 3 is 2.17 bits per heavy atom. The zero-order valence-corrected chi connectivity index (χ0v) is 24.1. The summed E-state index contributed by atoms with van der Waals surface area (Å²) in [6.45, 7) is 8.28. The highest BCUT2D eigenvalue weighted by atomic mass is 16.6. The molecule has 1 aliphatic rings. The van der Waals surface area contributed by atoms with E-state index in [0.717, 1.165) is 29.4 Å². The minimum atomic E-state index is -0.588. The molecular weight excluding hydrogens is 520 g/mol. The van der Waals surface area contributed by atoms with E-state index in [-0.39, 0.29) is 30.3 Å². The first-order valence-electron chi connectivity index (χ1n) is 13.8. The van der Waals surface area contributed by atoms with Crippen molar-refractivity contribution < 1.29 is 38.1 Å². The molecule has 0 radical (unpaired) electrons. The van der Waals surface area contributed by atoms with E-state index in [9.17, 15) is 19.2 Å². The molecule has 0 amide bonds. The van der Waals surface area contributed by atoms with Crippen LogP contribution in [0.3, 0.4) is 0 Å². The summed E-state index contributed by atoms with van der Waals surface area (Å²) >= 11 is 0. The van der Waals surface area contributed by atoms with E-state index in [1.54, 1.807) is 37.0 Å². The molecule has 0 saturated heterocycles. The predicted octanol–water partition coefficient (Wildman–Crippen LogP) is 2.54. The summed E-state index contributed by atoms with van der Waals surface area (Å²) < 4.78 is 30.1. The van der Waals surface area contributed by atoms with Crippen LogP contribution in [-0.2, 0) is 51.5 Å². The van der Waals surface area contributed by atoms with Gasteiger partial charge in [-0.25, -0.2) is 9.59 Å². The number of ketones is 2. The van der Waals surface area contributed by atoms with Gasteiger partial charge >= 0.3 is 11.7 Å². The number of rotatable bonds is 16. The third-order valence-corrected chi connectivity index (χ3v) is 6.43. The zero-order chi connectivity index (χ0) is 29.1. The Balaban J connectivity index is 1.29. The number of nitrogens with zero attached hydrogens (tertiary/aromatic N) is 2. The van der Waals surface area contributed by atoms with Crippen molar-refractivity contribution in [2.24, 2.45) is 7.05 Å². The summed E-state index contributed by atoms with van der Waals surface area (Å²) in [5.74, 6) is -0.653. The summed E-state index contributed by atoms with van der Waals surface area (Å²) in [7, 11) is 1.72. The SMILES string of the molecule is Cn1c(=O)n(C2CCC(=O)CC2=O)c2cccc(CCCOCCOCCOCCOCC(=O)OC(C)(C)C)c21. The molecule has 222 valence electrons. The number of carbonyl (C=O) groups is 3. The number of imidazole rings is 1. The molecule has 0 aliphatic heterocycles. The normalized spacial score (nSPS) is 16.1. The summed E-state index contributed by atoms with van der Waals surface area (Å²) in [4.78, 5) is 48.7. The average molecular weight is 563 g/mol. The molecule has 1 fully saturated rings. The standard InChI is InChI=1S/C29H42N2O9/c1-29(2,3)40-26(34)20-39-18-17-38-16-15-37-14-13-36-12-6-8-21-7-5-9-24-27(21)30(4)28(35)31(24)23-11-10-22(32)19-25(23)33/h5,7,9,23H,6,8,10-20H2,1-4H3. The second-order valence-electron chi connectivity index (χ2n) is 10.8. The number of ether oxygens (including phenoxy) is 5. The van der Waals surface area contributed by atoms with Gasteiger partial charge in [0, 0.05) is 20.1 Å². The molecule has 2 aromatic rings. The first-order valence-corrected chi connectivity index (χ1v) is 13.8. The summed E-state index contributed by atoms with van der Waals surface area (Å²) in [5, 5.41) is 0. The van der Waals surface area contributed by atoms with Crippen molar-refractivity contribution in [1.82, 2.24) is 9.13 Å². The Morgan fingerprint density at radius 1 is 0.925 bits per heavy atom. The Hall–Kier alpha value is -2.86. The van der Waals surface area contributed by atoms with Crippen LogP contribution in [0.5, 0.6) is 0 Å². The monoisotopic (exact) mass is 562 g/mol. The second kappa shape index (κ2) is 15.2. The van der Waals surface area contributed by atoms with E-state index in [0.29, 0.717) is 59.1 Å². The molecule has 1 atom stereocenters. The topological polar surface area (TPSA) is 124 Å². The van der Waals surface area contributed by atoms with Crippen molar-refractivity contribution >= 4 is 28.6 Å². The molecule has 1 heterocycles. The Morgan fingerprint density at radius 2 is 1.55 bits per heavy atom. The molecule has 1 unspecified atom stereocenters. The number of benzene rings is 1. The van der Waals surface area contributed by atoms with Gasteiger partial charge in [-0.2, -0.15) is 0 Å². The first kappa shape index (κ1) is 31.7. The largest absolute Gasteiger partial charge is 0.458 e. The molecule has 3 rings (SSSR count). The van der Waals surface area contributed by atoms with E-state index >= 15 is 0 Å². The average Bonchev–Trinajstić information content (AvgIpc) is 3.13. The van der Waals surface area contributed by atoms with Gasteiger partial charge in [-0.15, -0.1) is 0 Å². The van der Waals surface area contributed by atoms with Gasteiger partial charge in [-0.05, 0) is 51.7 Å². The van der Waals surface area contributed by atoms with Gasteiger partial charge in [-0.3, -0.25) is 18.7 Å². The van der Waals surface area contributed by atoms with Gasteiger partial charge in [0.25, 0.3) is 0 Å². The third-order valence-electron chi connectivity index (χ3n) is 6.43. The minimum Gasteiger partial charge on any atom is -0.458 e. The molecular formula is C29H42N2O9. The molecule has 0 bridgehead atoms. The lowest BCUT2D eigenvalue weighted by molar-refractivity contribution is -0.160. The van der Waals surface area contributed by atoms with Crippen LogP contribution in [0, 0.1) is 0 Å². The maximum atomic E-state index is 13.0. The van der Waals surface area contributed by atoms with Crippen LogP contribution in [0.25, 0.3) is 11.0 Å². The van der Waals surface area contributed by atoms with Crippen LogP contribution >= 0.6 is 0 Å². The lowest BCUT2D eigenvalue weighted by Gasteiger charge is -2.21. The molecule has 1 aliphatic carbocycles. The van der Waals surface area contributed by atoms with Crippen LogP contribution in [0.15, 0.2) is 23.0 Å². The van der Waals surface area contributed by atoms with Gasteiger partial charge in [0.1, 0.15) is 18.0 Å². The summed E-state index contributed by atoms with van der Waals surface area (Å²) in [6, 6.07) is 5.16. The van der Waals surface area contributed by atoms with Gasteiger partial charge in [0.2, 0.25) is 0 Å². The molecule has 1 saturated carbocycles. The number of hydrogen-bond donors (Lipinski definition) is 0. The fourth-order valence-corrected chi connectivity index (χ4v) is 4.71. The lowest BCUT2D eigenvalue weighted by Crippen LogP contribution is -2.34. The van der Waals surface area contributed by atoms with Crippen molar-refractivity contribution in [3.8, 4) is 0 Å². The van der Waals surface area contributed by atoms with E-state index in [4.69, 9.17) is 23.7 Å². The van der Waals surface area contributed by atoms with Gasteiger partial charge < -0.3 is 23.7 Å². The number of carbonyl (C=O) groups excluding carboxylic acids is 3. The van der Waals surface area contributed by atoms with Gasteiger partial charge in [-0.1, -0.05) is 12.1 Å². The van der Waals surface area contributed by atoms with Crippen molar-refractivity contribution in [3.05, 3.63) is 34.2 Å².